The number of thiophene rings is 1. The van der Waals surface area contributed by atoms with Gasteiger partial charge in [0.1, 0.15) is 10.3 Å². The van der Waals surface area contributed by atoms with Crippen molar-refractivity contribution in [2.75, 3.05) is 19.7 Å². The van der Waals surface area contributed by atoms with Gasteiger partial charge in [0.2, 0.25) is 5.91 Å². The van der Waals surface area contributed by atoms with Crippen LogP contribution < -0.4 is 5.32 Å². The molecule has 1 saturated heterocycles. The van der Waals surface area contributed by atoms with Crippen molar-refractivity contribution >= 4 is 54.9 Å². The van der Waals surface area contributed by atoms with E-state index in [-0.39, 0.29) is 30.3 Å². The van der Waals surface area contributed by atoms with E-state index in [9.17, 15) is 18.0 Å². The summed E-state index contributed by atoms with van der Waals surface area (Å²) in [5, 5.41) is 3.87. The highest BCUT2D eigenvalue weighted by Gasteiger charge is 2.40. The molecule has 1 aliphatic rings. The molecule has 7 nitrogen and oxygen atoms in total. The molecule has 1 aromatic heterocycles. The van der Waals surface area contributed by atoms with E-state index in [0.717, 1.165) is 25.7 Å². The third-order valence-electron chi connectivity index (χ3n) is 3.97. The van der Waals surface area contributed by atoms with Gasteiger partial charge in [-0.1, -0.05) is 17.7 Å². The van der Waals surface area contributed by atoms with Gasteiger partial charge < -0.3 is 10.1 Å². The maximum absolute atomic E-state index is 13.1. The first-order valence-corrected chi connectivity index (χ1v) is 10.6. The lowest BCUT2D eigenvalue weighted by atomic mass is 10.1. The first kappa shape index (κ1) is 19.1. The SMILES string of the molecule is CCOC(=O)CC1C(=O)NCCN1S(=O)(=O)c1cc2ccc(Cl)cc2s1. The van der Waals surface area contributed by atoms with E-state index in [1.807, 2.05) is 0 Å². The number of nitrogens with one attached hydrogen (secondary N) is 1. The number of halogens is 1. The standard InChI is InChI=1S/C16H17ClN2O5S2/c1-2-24-14(20)9-12-16(21)18-5-6-19(12)26(22,23)15-7-10-3-4-11(17)8-13(10)25-15/h3-4,7-8,12H,2,5-6,9H2,1H3,(H,18,21). The third kappa shape index (κ3) is 3.71. The largest absolute Gasteiger partial charge is 0.466 e. The van der Waals surface area contributed by atoms with Crippen molar-refractivity contribution in [3.05, 3.63) is 29.3 Å². The predicted molar refractivity (Wildman–Crippen MR) is 98.8 cm³/mol. The van der Waals surface area contributed by atoms with Crippen molar-refractivity contribution < 1.29 is 22.7 Å². The second-order valence-electron chi connectivity index (χ2n) is 5.68. The summed E-state index contributed by atoms with van der Waals surface area (Å²) < 4.78 is 33.0. The fourth-order valence-electron chi connectivity index (χ4n) is 2.78. The second-order valence-corrected chi connectivity index (χ2v) is 9.32. The average Bonchev–Trinajstić information content (AvgIpc) is 3.00. The minimum atomic E-state index is -3.94. The number of hydrogen-bond donors (Lipinski definition) is 1. The maximum atomic E-state index is 13.1. The highest BCUT2D eigenvalue weighted by molar-refractivity contribution is 7.91. The third-order valence-corrected chi connectivity index (χ3v) is 7.66. The highest BCUT2D eigenvalue weighted by Crippen LogP contribution is 2.33. The van der Waals surface area contributed by atoms with E-state index in [4.69, 9.17) is 16.3 Å². The first-order chi connectivity index (χ1) is 12.3. The van der Waals surface area contributed by atoms with Crippen LogP contribution in [0.5, 0.6) is 0 Å². The molecule has 1 fully saturated rings. The normalized spacial score (nSPS) is 18.7. The number of benzene rings is 1. The van der Waals surface area contributed by atoms with Crippen LogP contribution in [0.3, 0.4) is 0 Å². The van der Waals surface area contributed by atoms with Gasteiger partial charge in [-0.15, -0.1) is 11.3 Å². The molecular weight excluding hydrogens is 400 g/mol. The van der Waals surface area contributed by atoms with E-state index in [2.05, 4.69) is 5.32 Å². The second kappa shape index (κ2) is 7.51. The molecule has 3 rings (SSSR count). The Kier molecular flexibility index (Phi) is 5.52. The van der Waals surface area contributed by atoms with Gasteiger partial charge in [-0.05, 0) is 30.5 Å². The summed E-state index contributed by atoms with van der Waals surface area (Å²) in [5.74, 6) is -1.12. The molecule has 1 aliphatic heterocycles. The Morgan fingerprint density at radius 2 is 2.19 bits per heavy atom. The van der Waals surface area contributed by atoms with E-state index in [1.54, 1.807) is 31.2 Å². The van der Waals surface area contributed by atoms with Crippen LogP contribution in [0.25, 0.3) is 10.1 Å². The average molecular weight is 417 g/mol. The van der Waals surface area contributed by atoms with Crippen LogP contribution >= 0.6 is 22.9 Å². The summed E-state index contributed by atoms with van der Waals surface area (Å²) in [5.41, 5.74) is 0. The van der Waals surface area contributed by atoms with Crippen LogP contribution in [0.1, 0.15) is 13.3 Å². The Morgan fingerprint density at radius 3 is 2.92 bits per heavy atom. The van der Waals surface area contributed by atoms with Gasteiger partial charge in [-0.25, -0.2) is 8.42 Å². The van der Waals surface area contributed by atoms with Crippen LogP contribution in [0.15, 0.2) is 28.5 Å². The number of ether oxygens (including phenoxy) is 1. The molecule has 0 spiro atoms. The number of carbonyl (C=O) groups excluding carboxylic acids is 2. The quantitative estimate of drug-likeness (QED) is 0.752. The summed E-state index contributed by atoms with van der Waals surface area (Å²) in [4.78, 5) is 24.0. The van der Waals surface area contributed by atoms with E-state index in [0.29, 0.717) is 5.02 Å². The zero-order valence-corrected chi connectivity index (χ0v) is 16.3. The fraction of sp³-hybridized carbons (Fsp3) is 0.375. The lowest BCUT2D eigenvalue weighted by molar-refractivity contribution is -0.146. The Bertz CT molecular complexity index is 957. The summed E-state index contributed by atoms with van der Waals surface area (Å²) >= 11 is 7.05. The van der Waals surface area contributed by atoms with Gasteiger partial charge in [0.25, 0.3) is 10.0 Å². The number of fused-ring (bicyclic) bond motifs is 1. The van der Waals surface area contributed by atoms with Crippen molar-refractivity contribution in [3.8, 4) is 0 Å². The van der Waals surface area contributed by atoms with Crippen LogP contribution in [0.4, 0.5) is 0 Å². The molecule has 1 aromatic carbocycles. The van der Waals surface area contributed by atoms with Crippen molar-refractivity contribution in [3.63, 3.8) is 0 Å². The molecule has 1 unspecified atom stereocenters. The van der Waals surface area contributed by atoms with Crippen LogP contribution in [0, 0.1) is 0 Å². The summed E-state index contributed by atoms with van der Waals surface area (Å²) in [6.07, 6.45) is -0.324. The summed E-state index contributed by atoms with van der Waals surface area (Å²) in [6, 6.07) is 5.55. The summed E-state index contributed by atoms with van der Waals surface area (Å²) in [7, 11) is -3.94. The van der Waals surface area contributed by atoms with Crippen LogP contribution in [-0.4, -0.2) is 50.3 Å². The molecule has 0 aliphatic carbocycles. The van der Waals surface area contributed by atoms with Gasteiger partial charge in [0.05, 0.1) is 13.0 Å². The molecule has 0 bridgehead atoms. The number of piperazine rings is 1. The minimum Gasteiger partial charge on any atom is -0.466 e. The molecule has 26 heavy (non-hydrogen) atoms. The molecule has 2 heterocycles. The van der Waals surface area contributed by atoms with Gasteiger partial charge in [-0.3, -0.25) is 9.59 Å². The number of sulfonamides is 1. The fourth-order valence-corrected chi connectivity index (χ4v) is 6.17. The number of hydrogen-bond acceptors (Lipinski definition) is 6. The van der Waals surface area contributed by atoms with Crippen molar-refractivity contribution in [2.45, 2.75) is 23.6 Å². The predicted octanol–water partition coefficient (Wildman–Crippen LogP) is 2.00. The lowest BCUT2D eigenvalue weighted by Gasteiger charge is -2.33. The zero-order chi connectivity index (χ0) is 18.9. The Balaban J connectivity index is 1.96. The molecule has 1 atom stereocenters. The number of rotatable bonds is 5. The Hall–Kier alpha value is -1.68. The first-order valence-electron chi connectivity index (χ1n) is 7.97. The molecule has 0 radical (unpaired) electrons. The van der Waals surface area contributed by atoms with Gasteiger partial charge in [-0.2, -0.15) is 4.31 Å². The number of amides is 1. The molecule has 1 amide bonds. The Morgan fingerprint density at radius 1 is 1.42 bits per heavy atom. The van der Waals surface area contributed by atoms with E-state index < -0.39 is 27.9 Å². The highest BCUT2D eigenvalue weighted by atomic mass is 35.5. The van der Waals surface area contributed by atoms with Crippen LogP contribution in [-0.2, 0) is 24.3 Å². The molecular formula is C16H17ClN2O5S2. The van der Waals surface area contributed by atoms with Crippen LogP contribution in [0.2, 0.25) is 5.02 Å². The van der Waals surface area contributed by atoms with Gasteiger partial charge in [0, 0.05) is 22.8 Å². The Labute approximate surface area is 159 Å². The van der Waals surface area contributed by atoms with Crippen molar-refractivity contribution in [1.29, 1.82) is 0 Å². The molecule has 10 heteroatoms. The lowest BCUT2D eigenvalue weighted by Crippen LogP contribution is -2.57. The topological polar surface area (TPSA) is 92.8 Å². The van der Waals surface area contributed by atoms with Gasteiger partial charge >= 0.3 is 5.97 Å². The molecule has 0 saturated carbocycles. The zero-order valence-electron chi connectivity index (χ0n) is 13.9. The number of carbonyl (C=O) groups is 2. The van der Waals surface area contributed by atoms with Crippen molar-refractivity contribution in [2.24, 2.45) is 0 Å². The minimum absolute atomic E-state index is 0.0904. The summed E-state index contributed by atoms with van der Waals surface area (Å²) in [6.45, 7) is 2.09. The monoisotopic (exact) mass is 416 g/mol. The molecule has 2 aromatic rings. The maximum Gasteiger partial charge on any atom is 0.307 e. The van der Waals surface area contributed by atoms with Crippen molar-refractivity contribution in [1.82, 2.24) is 9.62 Å². The number of esters is 1. The smallest absolute Gasteiger partial charge is 0.307 e. The number of nitrogens with zero attached hydrogens (tertiary/aromatic N) is 1. The van der Waals surface area contributed by atoms with Gasteiger partial charge in [0.15, 0.2) is 0 Å². The van der Waals surface area contributed by atoms with E-state index >= 15 is 0 Å². The molecule has 140 valence electrons. The molecule has 1 N–H and O–H groups in total. The van der Waals surface area contributed by atoms with E-state index in [1.165, 1.54) is 0 Å².